The Balaban J connectivity index is 1.90. The third-order valence-electron chi connectivity index (χ3n) is 3.00. The van der Waals surface area contributed by atoms with E-state index in [1.165, 1.54) is 18.2 Å². The zero-order chi connectivity index (χ0) is 15.7. The molecule has 3 rings (SSSR count). The minimum atomic E-state index is -3.95. The maximum Gasteiger partial charge on any atom is 0.262 e. The Morgan fingerprint density at radius 1 is 0.909 bits per heavy atom. The van der Waals surface area contributed by atoms with E-state index in [0.717, 1.165) is 18.2 Å². The molecular formula is C14H11F2NO4S. The second-order valence-electron chi connectivity index (χ2n) is 4.54. The molecule has 116 valence electrons. The molecule has 0 radical (unpaired) electrons. The van der Waals surface area contributed by atoms with Gasteiger partial charge in [-0.1, -0.05) is 0 Å². The molecule has 1 N–H and O–H groups in total. The molecular weight excluding hydrogens is 316 g/mol. The van der Waals surface area contributed by atoms with E-state index in [2.05, 4.69) is 4.72 Å². The van der Waals surface area contributed by atoms with Gasteiger partial charge >= 0.3 is 0 Å². The number of nitrogens with one attached hydrogen (secondary N) is 1. The smallest absolute Gasteiger partial charge is 0.262 e. The molecule has 2 aromatic rings. The molecule has 1 aliphatic heterocycles. The summed E-state index contributed by atoms with van der Waals surface area (Å²) in [7, 11) is -3.95. The van der Waals surface area contributed by atoms with E-state index in [-0.39, 0.29) is 10.6 Å². The quantitative estimate of drug-likeness (QED) is 0.941. The minimum Gasteiger partial charge on any atom is -0.486 e. The van der Waals surface area contributed by atoms with Crippen molar-refractivity contribution >= 4 is 15.7 Å². The molecule has 1 aliphatic rings. The third-order valence-corrected chi connectivity index (χ3v) is 4.37. The van der Waals surface area contributed by atoms with E-state index in [4.69, 9.17) is 9.47 Å². The lowest BCUT2D eigenvalue weighted by molar-refractivity contribution is 0.171. The number of fused-ring (bicyclic) bond motifs is 1. The summed E-state index contributed by atoms with van der Waals surface area (Å²) < 4.78 is 63.3. The Morgan fingerprint density at radius 2 is 1.64 bits per heavy atom. The Hall–Kier alpha value is -2.35. The van der Waals surface area contributed by atoms with Crippen LogP contribution in [0.3, 0.4) is 0 Å². The molecule has 2 aromatic carbocycles. The van der Waals surface area contributed by atoms with Gasteiger partial charge in [0.2, 0.25) is 0 Å². The lowest BCUT2D eigenvalue weighted by atomic mass is 10.3. The van der Waals surface area contributed by atoms with Crippen molar-refractivity contribution in [1.82, 2.24) is 0 Å². The number of hydrogen-bond acceptors (Lipinski definition) is 4. The largest absolute Gasteiger partial charge is 0.486 e. The molecule has 0 unspecified atom stereocenters. The number of rotatable bonds is 3. The van der Waals surface area contributed by atoms with Gasteiger partial charge in [0.05, 0.1) is 10.6 Å². The van der Waals surface area contributed by atoms with Gasteiger partial charge in [-0.3, -0.25) is 4.72 Å². The molecule has 0 saturated heterocycles. The molecule has 22 heavy (non-hydrogen) atoms. The fraction of sp³-hybridized carbons (Fsp3) is 0.143. The molecule has 1 heterocycles. The molecule has 0 bridgehead atoms. The van der Waals surface area contributed by atoms with Crippen molar-refractivity contribution in [3.8, 4) is 11.5 Å². The number of halogens is 2. The van der Waals surface area contributed by atoms with E-state index in [1.54, 1.807) is 0 Å². The van der Waals surface area contributed by atoms with Gasteiger partial charge in [-0.05, 0) is 24.3 Å². The Morgan fingerprint density at radius 3 is 2.36 bits per heavy atom. The Kier molecular flexibility index (Phi) is 3.61. The summed E-state index contributed by atoms with van der Waals surface area (Å²) in [4.78, 5) is -0.0681. The zero-order valence-corrected chi connectivity index (χ0v) is 12.0. The third kappa shape index (κ3) is 2.82. The molecule has 0 saturated carbocycles. The first-order valence-corrected chi connectivity index (χ1v) is 7.81. The summed E-state index contributed by atoms with van der Waals surface area (Å²) in [6, 6.07) is 6.89. The predicted octanol–water partition coefficient (Wildman–Crippen LogP) is 2.54. The fourth-order valence-corrected chi connectivity index (χ4v) is 3.03. The molecule has 5 nitrogen and oxygen atoms in total. The Labute approximate surface area is 125 Å². The second kappa shape index (κ2) is 5.45. The Bertz CT molecular complexity index is 824. The summed E-state index contributed by atoms with van der Waals surface area (Å²) in [5, 5.41) is 0. The van der Waals surface area contributed by atoms with Crippen LogP contribution in [0.5, 0.6) is 11.5 Å². The average molecular weight is 327 g/mol. The first kappa shape index (κ1) is 14.6. The van der Waals surface area contributed by atoms with Crippen LogP contribution in [0.4, 0.5) is 14.5 Å². The van der Waals surface area contributed by atoms with Crippen LogP contribution in [0.15, 0.2) is 41.3 Å². The van der Waals surface area contributed by atoms with Crippen LogP contribution >= 0.6 is 0 Å². The standard InChI is InChI=1S/C14H11F2NO4S/c15-11-3-1-9(7-12(11)16)17-22(18,19)10-2-4-13-14(8-10)21-6-5-20-13/h1-4,7-8,17H,5-6H2. The molecule has 8 heteroatoms. The normalized spacial score (nSPS) is 13.7. The molecule has 0 amide bonds. The molecule has 0 fully saturated rings. The van der Waals surface area contributed by atoms with E-state index in [9.17, 15) is 17.2 Å². The number of benzene rings is 2. The van der Waals surface area contributed by atoms with Crippen molar-refractivity contribution in [1.29, 1.82) is 0 Å². The van der Waals surface area contributed by atoms with Crippen LogP contribution in [-0.4, -0.2) is 21.6 Å². The van der Waals surface area contributed by atoms with Gasteiger partial charge in [0.25, 0.3) is 10.0 Å². The predicted molar refractivity (Wildman–Crippen MR) is 74.6 cm³/mol. The van der Waals surface area contributed by atoms with Gasteiger partial charge in [0.15, 0.2) is 23.1 Å². The van der Waals surface area contributed by atoms with Gasteiger partial charge in [0.1, 0.15) is 13.2 Å². The van der Waals surface area contributed by atoms with Crippen molar-refractivity contribution in [2.75, 3.05) is 17.9 Å². The van der Waals surface area contributed by atoms with Crippen molar-refractivity contribution in [3.05, 3.63) is 48.0 Å². The van der Waals surface area contributed by atoms with Gasteiger partial charge in [0, 0.05) is 12.1 Å². The van der Waals surface area contributed by atoms with Gasteiger partial charge in [-0.25, -0.2) is 17.2 Å². The van der Waals surface area contributed by atoms with E-state index < -0.39 is 21.7 Å². The first-order chi connectivity index (χ1) is 10.5. The van der Waals surface area contributed by atoms with Crippen molar-refractivity contribution in [2.45, 2.75) is 4.90 Å². The van der Waals surface area contributed by atoms with Gasteiger partial charge in [-0.15, -0.1) is 0 Å². The summed E-state index contributed by atoms with van der Waals surface area (Å²) in [6.45, 7) is 0.722. The molecule has 0 spiro atoms. The van der Waals surface area contributed by atoms with Crippen LogP contribution in [0.25, 0.3) is 0 Å². The van der Waals surface area contributed by atoms with Gasteiger partial charge < -0.3 is 9.47 Å². The first-order valence-electron chi connectivity index (χ1n) is 6.33. The average Bonchev–Trinajstić information content (AvgIpc) is 2.50. The number of sulfonamides is 1. The van der Waals surface area contributed by atoms with Crippen LogP contribution in [0.2, 0.25) is 0 Å². The minimum absolute atomic E-state index is 0.0681. The summed E-state index contributed by atoms with van der Waals surface area (Å²) in [5.74, 6) is -1.41. The van der Waals surface area contributed by atoms with E-state index in [1.807, 2.05) is 0 Å². The summed E-state index contributed by atoms with van der Waals surface area (Å²) in [5.41, 5.74) is -0.0752. The van der Waals surface area contributed by atoms with Crippen molar-refractivity contribution < 1.29 is 26.7 Å². The molecule has 0 atom stereocenters. The van der Waals surface area contributed by atoms with Crippen LogP contribution < -0.4 is 14.2 Å². The number of ether oxygens (including phenoxy) is 2. The van der Waals surface area contributed by atoms with Gasteiger partial charge in [-0.2, -0.15) is 0 Å². The highest BCUT2D eigenvalue weighted by Gasteiger charge is 2.20. The maximum atomic E-state index is 13.1. The summed E-state index contributed by atoms with van der Waals surface area (Å²) >= 11 is 0. The van der Waals surface area contributed by atoms with Crippen LogP contribution in [-0.2, 0) is 10.0 Å². The van der Waals surface area contributed by atoms with Crippen molar-refractivity contribution in [3.63, 3.8) is 0 Å². The molecule has 0 aliphatic carbocycles. The monoisotopic (exact) mass is 327 g/mol. The second-order valence-corrected chi connectivity index (χ2v) is 6.22. The maximum absolute atomic E-state index is 13.1. The lowest BCUT2D eigenvalue weighted by Crippen LogP contribution is -2.17. The highest BCUT2D eigenvalue weighted by Crippen LogP contribution is 2.32. The highest BCUT2D eigenvalue weighted by atomic mass is 32.2. The summed E-state index contributed by atoms with van der Waals surface area (Å²) in [6.07, 6.45) is 0. The number of hydrogen-bond donors (Lipinski definition) is 1. The fourth-order valence-electron chi connectivity index (χ4n) is 1.96. The lowest BCUT2D eigenvalue weighted by Gasteiger charge is -2.19. The zero-order valence-electron chi connectivity index (χ0n) is 11.2. The van der Waals surface area contributed by atoms with Crippen LogP contribution in [0.1, 0.15) is 0 Å². The van der Waals surface area contributed by atoms with E-state index in [0.29, 0.717) is 24.7 Å². The SMILES string of the molecule is O=S(=O)(Nc1ccc(F)c(F)c1)c1ccc2c(c1)OCCO2. The highest BCUT2D eigenvalue weighted by molar-refractivity contribution is 7.92. The van der Waals surface area contributed by atoms with E-state index >= 15 is 0 Å². The number of anilines is 1. The van der Waals surface area contributed by atoms with Crippen molar-refractivity contribution in [2.24, 2.45) is 0 Å². The van der Waals surface area contributed by atoms with Crippen LogP contribution in [0, 0.1) is 11.6 Å². The topological polar surface area (TPSA) is 64.6 Å². The molecule has 0 aromatic heterocycles.